The molecule has 0 fully saturated rings. The molecule has 25 heavy (non-hydrogen) atoms. The van der Waals surface area contributed by atoms with Gasteiger partial charge in [0.05, 0.1) is 17.9 Å². The van der Waals surface area contributed by atoms with E-state index in [0.717, 1.165) is 4.31 Å². The van der Waals surface area contributed by atoms with E-state index in [9.17, 15) is 18.0 Å². The van der Waals surface area contributed by atoms with Gasteiger partial charge in [-0.05, 0) is 41.1 Å². The highest BCUT2D eigenvalue weighted by atomic mass is 79.9. The minimum atomic E-state index is -3.69. The van der Waals surface area contributed by atoms with Crippen LogP contribution < -0.4 is 0 Å². The van der Waals surface area contributed by atoms with E-state index < -0.39 is 21.9 Å². The van der Waals surface area contributed by atoms with E-state index in [-0.39, 0.29) is 22.9 Å². The Morgan fingerprint density at radius 2 is 1.88 bits per heavy atom. The molecule has 1 atom stereocenters. The van der Waals surface area contributed by atoms with E-state index in [1.165, 1.54) is 38.2 Å². The van der Waals surface area contributed by atoms with Crippen molar-refractivity contribution in [3.05, 3.63) is 28.2 Å². The second-order valence-corrected chi connectivity index (χ2v) is 8.68. The van der Waals surface area contributed by atoms with Crippen LogP contribution in [0, 0.1) is 5.92 Å². The molecule has 0 bridgehead atoms. The van der Waals surface area contributed by atoms with Gasteiger partial charge < -0.3 is 9.64 Å². The minimum Gasteiger partial charge on any atom is -0.469 e. The van der Waals surface area contributed by atoms with Crippen LogP contribution in [-0.4, -0.2) is 63.8 Å². The van der Waals surface area contributed by atoms with Gasteiger partial charge in [-0.2, -0.15) is 0 Å². The molecule has 0 aliphatic rings. The Hall–Kier alpha value is -1.45. The number of nitrogens with zero attached hydrogens (tertiary/aromatic N) is 2. The molecule has 1 rings (SSSR count). The fourth-order valence-electron chi connectivity index (χ4n) is 2.18. The molecule has 0 aliphatic heterocycles. The lowest BCUT2D eigenvalue weighted by Crippen LogP contribution is -2.37. The van der Waals surface area contributed by atoms with E-state index >= 15 is 0 Å². The number of rotatable bonds is 7. The Kier molecular flexibility index (Phi) is 7.58. The van der Waals surface area contributed by atoms with Gasteiger partial charge in [-0.25, -0.2) is 12.7 Å². The van der Waals surface area contributed by atoms with Crippen LogP contribution >= 0.6 is 15.9 Å². The maximum atomic E-state index is 12.7. The molecule has 0 N–H and O–H groups in total. The molecule has 7 nitrogen and oxygen atoms in total. The maximum absolute atomic E-state index is 12.7. The monoisotopic (exact) mass is 434 g/mol. The smallest absolute Gasteiger partial charge is 0.310 e. The van der Waals surface area contributed by atoms with Gasteiger partial charge in [-0.15, -0.1) is 0 Å². The van der Waals surface area contributed by atoms with Crippen molar-refractivity contribution >= 4 is 37.8 Å². The summed E-state index contributed by atoms with van der Waals surface area (Å²) in [4.78, 5) is 25.8. The summed E-state index contributed by atoms with van der Waals surface area (Å²) in [6, 6.07) is 4.42. The lowest BCUT2D eigenvalue weighted by atomic mass is 10.1. The SMILES string of the molecule is CCN(CC(C)C(=O)OC)C(=O)c1ccc(Br)c(S(=O)(=O)N(C)C)c1. The van der Waals surface area contributed by atoms with E-state index in [1.807, 2.05) is 0 Å². The van der Waals surface area contributed by atoms with Gasteiger partial charge in [-0.1, -0.05) is 6.92 Å². The predicted molar refractivity (Wildman–Crippen MR) is 97.8 cm³/mol. The quantitative estimate of drug-likeness (QED) is 0.612. The molecule has 1 aromatic carbocycles. The molecule has 0 saturated heterocycles. The summed E-state index contributed by atoms with van der Waals surface area (Å²) in [6.45, 7) is 4.03. The lowest BCUT2D eigenvalue weighted by Gasteiger charge is -2.24. The highest BCUT2D eigenvalue weighted by Gasteiger charge is 2.25. The van der Waals surface area contributed by atoms with Gasteiger partial charge in [0.25, 0.3) is 5.91 Å². The zero-order chi connectivity index (χ0) is 19.4. The Bertz CT molecular complexity index is 749. The summed E-state index contributed by atoms with van der Waals surface area (Å²) in [7, 11) is 0.447. The normalized spacial score (nSPS) is 12.8. The largest absolute Gasteiger partial charge is 0.469 e. The number of ether oxygens (including phenoxy) is 1. The van der Waals surface area contributed by atoms with Gasteiger partial charge >= 0.3 is 5.97 Å². The first-order chi connectivity index (χ1) is 11.6. The van der Waals surface area contributed by atoms with Crippen LogP contribution in [0.15, 0.2) is 27.6 Å². The minimum absolute atomic E-state index is 0.0143. The highest BCUT2D eigenvalue weighted by Crippen LogP contribution is 2.26. The zero-order valence-electron chi connectivity index (χ0n) is 14.9. The van der Waals surface area contributed by atoms with Gasteiger partial charge in [-0.3, -0.25) is 9.59 Å². The van der Waals surface area contributed by atoms with Crippen LogP contribution in [0.3, 0.4) is 0 Å². The van der Waals surface area contributed by atoms with E-state index in [0.29, 0.717) is 11.0 Å². The number of benzene rings is 1. The number of carbonyl (C=O) groups excluding carboxylic acids is 2. The molecule has 1 unspecified atom stereocenters. The zero-order valence-corrected chi connectivity index (χ0v) is 17.3. The Balaban J connectivity index is 3.19. The average Bonchev–Trinajstić information content (AvgIpc) is 2.58. The van der Waals surface area contributed by atoms with Crippen LogP contribution in [-0.2, 0) is 19.6 Å². The standard InChI is InChI=1S/C16H23BrN2O5S/c1-6-19(10-11(2)16(21)24-5)15(20)12-7-8-13(17)14(9-12)25(22,23)18(3)4/h7-9,11H,6,10H2,1-5H3. The number of hydrogen-bond acceptors (Lipinski definition) is 5. The van der Waals surface area contributed by atoms with Crippen molar-refractivity contribution in [2.75, 3.05) is 34.3 Å². The predicted octanol–water partition coefficient (Wildman–Crippen LogP) is 1.97. The summed E-state index contributed by atoms with van der Waals surface area (Å²) in [5.74, 6) is -1.23. The Labute approximate surface area is 157 Å². The van der Waals surface area contributed by atoms with Crippen molar-refractivity contribution in [1.29, 1.82) is 0 Å². The summed E-state index contributed by atoms with van der Waals surface area (Å²) < 4.78 is 30.9. The van der Waals surface area contributed by atoms with Gasteiger partial charge in [0.1, 0.15) is 0 Å². The maximum Gasteiger partial charge on any atom is 0.310 e. The molecule has 1 amide bonds. The number of esters is 1. The van der Waals surface area contributed by atoms with Crippen molar-refractivity contribution in [1.82, 2.24) is 9.21 Å². The third kappa shape index (κ3) is 5.02. The number of methoxy groups -OCH3 is 1. The third-order valence-corrected chi connectivity index (χ3v) is 6.51. The van der Waals surface area contributed by atoms with E-state index in [4.69, 9.17) is 0 Å². The molecule has 0 saturated carbocycles. The van der Waals surface area contributed by atoms with Crippen molar-refractivity contribution in [3.63, 3.8) is 0 Å². The molecule has 0 radical (unpaired) electrons. The number of amides is 1. The molecule has 0 aromatic heterocycles. The number of carbonyl (C=O) groups is 2. The highest BCUT2D eigenvalue weighted by molar-refractivity contribution is 9.10. The molecular formula is C16H23BrN2O5S. The Morgan fingerprint density at radius 1 is 1.28 bits per heavy atom. The third-order valence-electron chi connectivity index (χ3n) is 3.70. The second-order valence-electron chi connectivity index (χ2n) is 5.70. The molecule has 140 valence electrons. The first-order valence-electron chi connectivity index (χ1n) is 7.65. The number of halogens is 1. The van der Waals surface area contributed by atoms with Crippen molar-refractivity contribution in [2.24, 2.45) is 5.92 Å². The van der Waals surface area contributed by atoms with Crippen LogP contribution in [0.2, 0.25) is 0 Å². The van der Waals surface area contributed by atoms with E-state index in [1.54, 1.807) is 19.9 Å². The molecule has 0 heterocycles. The van der Waals surface area contributed by atoms with Crippen LogP contribution in [0.5, 0.6) is 0 Å². The molecular weight excluding hydrogens is 412 g/mol. The molecule has 1 aromatic rings. The Morgan fingerprint density at radius 3 is 2.36 bits per heavy atom. The summed E-state index contributed by atoms with van der Waals surface area (Å²) >= 11 is 3.21. The van der Waals surface area contributed by atoms with Crippen molar-refractivity contribution in [2.45, 2.75) is 18.7 Å². The van der Waals surface area contributed by atoms with Crippen LogP contribution in [0.4, 0.5) is 0 Å². The fraction of sp³-hybridized carbons (Fsp3) is 0.500. The second kappa shape index (κ2) is 8.77. The number of sulfonamides is 1. The van der Waals surface area contributed by atoms with Gasteiger partial charge in [0, 0.05) is 37.2 Å². The van der Waals surface area contributed by atoms with Crippen LogP contribution in [0.25, 0.3) is 0 Å². The van der Waals surface area contributed by atoms with Crippen molar-refractivity contribution < 1.29 is 22.7 Å². The van der Waals surface area contributed by atoms with Gasteiger partial charge in [0.15, 0.2) is 0 Å². The fourth-order valence-corrected chi connectivity index (χ4v) is 4.02. The van der Waals surface area contributed by atoms with Gasteiger partial charge in [0.2, 0.25) is 10.0 Å². The molecule has 0 aliphatic carbocycles. The van der Waals surface area contributed by atoms with E-state index in [2.05, 4.69) is 20.7 Å². The number of hydrogen-bond donors (Lipinski definition) is 0. The summed E-state index contributed by atoms with van der Waals surface area (Å²) in [5, 5.41) is 0. The lowest BCUT2D eigenvalue weighted by molar-refractivity contribution is -0.145. The first-order valence-corrected chi connectivity index (χ1v) is 9.88. The topological polar surface area (TPSA) is 84.0 Å². The molecule has 9 heteroatoms. The molecule has 0 spiro atoms. The average molecular weight is 435 g/mol. The summed E-state index contributed by atoms with van der Waals surface area (Å²) in [6.07, 6.45) is 0. The van der Waals surface area contributed by atoms with Crippen LogP contribution in [0.1, 0.15) is 24.2 Å². The summed E-state index contributed by atoms with van der Waals surface area (Å²) in [5.41, 5.74) is 0.238. The first kappa shape index (κ1) is 21.6. The van der Waals surface area contributed by atoms with Crippen molar-refractivity contribution in [3.8, 4) is 0 Å².